The van der Waals surface area contributed by atoms with Crippen molar-refractivity contribution in [2.24, 2.45) is 0 Å². The standard InChI is InChI=1S/C26H29N5O2/c1-29(2)24-15-22(19-14-25(32)30(3)16-19)27-23(28-24)17-31(4)26(33)21-13-9-8-12-20(21)18-10-6-5-7-11-18/h5-13,15,19H,14,16-17H2,1-4H3/t19-/m1/s1. The van der Waals surface area contributed by atoms with Crippen molar-refractivity contribution in [3.8, 4) is 11.1 Å². The molecule has 2 heterocycles. The quantitative estimate of drug-likeness (QED) is 0.584. The molecule has 0 spiro atoms. The highest BCUT2D eigenvalue weighted by Gasteiger charge is 2.30. The summed E-state index contributed by atoms with van der Waals surface area (Å²) in [6.45, 7) is 0.911. The molecule has 4 rings (SSSR count). The van der Waals surface area contributed by atoms with Gasteiger partial charge in [-0.15, -0.1) is 0 Å². The van der Waals surface area contributed by atoms with E-state index >= 15 is 0 Å². The number of aromatic nitrogens is 2. The lowest BCUT2D eigenvalue weighted by Crippen LogP contribution is -2.28. The SMILES string of the molecule is CN1C[C@H](c2cc(N(C)C)nc(CN(C)C(=O)c3ccccc3-c3ccccc3)n2)CC1=O. The van der Waals surface area contributed by atoms with E-state index < -0.39 is 0 Å². The Bertz CT molecular complexity index is 1160. The topological polar surface area (TPSA) is 69.6 Å². The normalized spacial score (nSPS) is 15.6. The van der Waals surface area contributed by atoms with Crippen molar-refractivity contribution < 1.29 is 9.59 Å². The fourth-order valence-corrected chi connectivity index (χ4v) is 4.10. The molecule has 2 amide bonds. The zero-order valence-electron chi connectivity index (χ0n) is 19.5. The first-order chi connectivity index (χ1) is 15.8. The molecule has 0 bridgehead atoms. The third-order valence-corrected chi connectivity index (χ3v) is 5.96. The molecule has 1 aliphatic rings. The number of nitrogens with zero attached hydrogens (tertiary/aromatic N) is 5. The van der Waals surface area contributed by atoms with Gasteiger partial charge < -0.3 is 14.7 Å². The Morgan fingerprint density at radius 2 is 1.73 bits per heavy atom. The lowest BCUT2D eigenvalue weighted by molar-refractivity contribution is -0.126. The predicted molar refractivity (Wildman–Crippen MR) is 129 cm³/mol. The van der Waals surface area contributed by atoms with E-state index in [1.165, 1.54) is 0 Å². The molecule has 7 heteroatoms. The lowest BCUT2D eigenvalue weighted by atomic mass is 9.99. The van der Waals surface area contributed by atoms with Gasteiger partial charge in [-0.3, -0.25) is 9.59 Å². The van der Waals surface area contributed by atoms with Crippen molar-refractivity contribution in [1.82, 2.24) is 19.8 Å². The first-order valence-corrected chi connectivity index (χ1v) is 11.0. The molecule has 0 saturated carbocycles. The first kappa shape index (κ1) is 22.5. The van der Waals surface area contributed by atoms with Gasteiger partial charge in [-0.1, -0.05) is 48.5 Å². The van der Waals surface area contributed by atoms with E-state index in [-0.39, 0.29) is 24.3 Å². The summed E-state index contributed by atoms with van der Waals surface area (Å²) in [5.41, 5.74) is 3.37. The second-order valence-corrected chi connectivity index (χ2v) is 8.71. The van der Waals surface area contributed by atoms with Crippen LogP contribution >= 0.6 is 0 Å². The molecule has 0 N–H and O–H groups in total. The average molecular weight is 444 g/mol. The Balaban J connectivity index is 1.61. The van der Waals surface area contributed by atoms with E-state index in [0.717, 1.165) is 22.6 Å². The monoisotopic (exact) mass is 443 g/mol. The maximum atomic E-state index is 13.4. The minimum atomic E-state index is -0.0920. The molecule has 2 aromatic carbocycles. The molecule has 1 aliphatic heterocycles. The smallest absolute Gasteiger partial charge is 0.254 e. The molecule has 3 aromatic rings. The third-order valence-electron chi connectivity index (χ3n) is 5.96. The molecular formula is C26H29N5O2. The molecule has 1 fully saturated rings. The van der Waals surface area contributed by atoms with Gasteiger partial charge in [0, 0.05) is 58.7 Å². The average Bonchev–Trinajstić information content (AvgIpc) is 3.17. The maximum absolute atomic E-state index is 13.4. The Morgan fingerprint density at radius 3 is 2.39 bits per heavy atom. The molecule has 0 aliphatic carbocycles. The van der Waals surface area contributed by atoms with Gasteiger partial charge in [0.2, 0.25) is 5.91 Å². The van der Waals surface area contributed by atoms with Crippen molar-refractivity contribution in [2.75, 3.05) is 39.6 Å². The van der Waals surface area contributed by atoms with Crippen molar-refractivity contribution in [3.05, 3.63) is 77.7 Å². The number of likely N-dealkylation sites (tertiary alicyclic amines) is 1. The van der Waals surface area contributed by atoms with Gasteiger partial charge in [-0.25, -0.2) is 9.97 Å². The van der Waals surface area contributed by atoms with Crippen molar-refractivity contribution in [1.29, 1.82) is 0 Å². The van der Waals surface area contributed by atoms with Gasteiger partial charge in [-0.05, 0) is 17.2 Å². The van der Waals surface area contributed by atoms with E-state index in [2.05, 4.69) is 4.98 Å². The second-order valence-electron chi connectivity index (χ2n) is 8.71. The van der Waals surface area contributed by atoms with E-state index in [9.17, 15) is 9.59 Å². The Hall–Kier alpha value is -3.74. The number of hydrogen-bond donors (Lipinski definition) is 0. The van der Waals surface area contributed by atoms with E-state index in [4.69, 9.17) is 4.98 Å². The summed E-state index contributed by atoms with van der Waals surface area (Å²) in [6.07, 6.45) is 0.443. The fraction of sp³-hybridized carbons (Fsp3) is 0.308. The van der Waals surface area contributed by atoms with Gasteiger partial charge in [0.1, 0.15) is 11.6 Å². The number of amides is 2. The predicted octanol–water partition coefficient (Wildman–Crippen LogP) is 3.43. The number of carbonyl (C=O) groups is 2. The fourth-order valence-electron chi connectivity index (χ4n) is 4.10. The zero-order chi connectivity index (χ0) is 23.5. The van der Waals surface area contributed by atoms with Crippen LogP contribution in [0.1, 0.15) is 34.2 Å². The van der Waals surface area contributed by atoms with Crippen LogP contribution < -0.4 is 4.90 Å². The molecule has 170 valence electrons. The molecular weight excluding hydrogens is 414 g/mol. The summed E-state index contributed by atoms with van der Waals surface area (Å²) in [5.74, 6) is 1.39. The second kappa shape index (κ2) is 9.40. The molecule has 1 atom stereocenters. The Kier molecular flexibility index (Phi) is 6.40. The minimum absolute atomic E-state index is 0.0303. The number of likely N-dealkylation sites (N-methyl/N-ethyl adjacent to an activating group) is 1. The molecule has 33 heavy (non-hydrogen) atoms. The van der Waals surface area contributed by atoms with Gasteiger partial charge >= 0.3 is 0 Å². The highest BCUT2D eigenvalue weighted by molar-refractivity contribution is 6.00. The first-order valence-electron chi connectivity index (χ1n) is 11.0. The molecule has 0 radical (unpaired) electrons. The van der Waals surface area contributed by atoms with Crippen LogP contribution in [0, 0.1) is 0 Å². The van der Waals surface area contributed by atoms with Crippen LogP contribution in [0.25, 0.3) is 11.1 Å². The van der Waals surface area contributed by atoms with Crippen LogP contribution in [0.2, 0.25) is 0 Å². The highest BCUT2D eigenvalue weighted by atomic mass is 16.2. The Labute approximate surface area is 194 Å². The summed E-state index contributed by atoms with van der Waals surface area (Å²) in [6, 6.07) is 19.5. The van der Waals surface area contributed by atoms with Crippen LogP contribution in [0.15, 0.2) is 60.7 Å². The Morgan fingerprint density at radius 1 is 1.03 bits per heavy atom. The van der Waals surface area contributed by atoms with Crippen LogP contribution in [0.5, 0.6) is 0 Å². The van der Waals surface area contributed by atoms with Crippen molar-refractivity contribution in [3.63, 3.8) is 0 Å². The lowest BCUT2D eigenvalue weighted by Gasteiger charge is -2.21. The highest BCUT2D eigenvalue weighted by Crippen LogP contribution is 2.28. The van der Waals surface area contributed by atoms with Crippen LogP contribution in [-0.2, 0) is 11.3 Å². The van der Waals surface area contributed by atoms with Gasteiger partial charge in [0.25, 0.3) is 5.91 Å². The summed E-state index contributed by atoms with van der Waals surface area (Å²) >= 11 is 0. The zero-order valence-corrected chi connectivity index (χ0v) is 19.5. The van der Waals surface area contributed by atoms with E-state index in [1.54, 1.807) is 16.8 Å². The molecule has 1 saturated heterocycles. The van der Waals surface area contributed by atoms with Gasteiger partial charge in [-0.2, -0.15) is 0 Å². The van der Waals surface area contributed by atoms with Gasteiger partial charge in [0.05, 0.1) is 12.2 Å². The minimum Gasteiger partial charge on any atom is -0.363 e. The van der Waals surface area contributed by atoms with Crippen LogP contribution in [0.4, 0.5) is 5.82 Å². The summed E-state index contributed by atoms with van der Waals surface area (Å²) in [5, 5.41) is 0. The maximum Gasteiger partial charge on any atom is 0.254 e. The van der Waals surface area contributed by atoms with Crippen molar-refractivity contribution >= 4 is 17.6 Å². The van der Waals surface area contributed by atoms with Crippen molar-refractivity contribution in [2.45, 2.75) is 18.9 Å². The third kappa shape index (κ3) is 4.87. The summed E-state index contributed by atoms with van der Waals surface area (Å²) < 4.78 is 0. The van der Waals surface area contributed by atoms with Gasteiger partial charge in [0.15, 0.2) is 0 Å². The van der Waals surface area contributed by atoms with Crippen LogP contribution in [0.3, 0.4) is 0 Å². The number of rotatable bonds is 6. The largest absolute Gasteiger partial charge is 0.363 e. The summed E-state index contributed by atoms with van der Waals surface area (Å²) in [7, 11) is 7.43. The molecule has 0 unspecified atom stereocenters. The number of carbonyl (C=O) groups excluding carboxylic acids is 2. The number of hydrogen-bond acceptors (Lipinski definition) is 5. The molecule has 1 aromatic heterocycles. The number of anilines is 1. The van der Waals surface area contributed by atoms with E-state index in [0.29, 0.717) is 24.4 Å². The summed E-state index contributed by atoms with van der Waals surface area (Å²) in [4.78, 5) is 40.2. The number of benzene rings is 2. The van der Waals surface area contributed by atoms with E-state index in [1.807, 2.05) is 86.7 Å². The van der Waals surface area contributed by atoms with Crippen LogP contribution in [-0.4, -0.2) is 66.3 Å². The molecule has 7 nitrogen and oxygen atoms in total.